The van der Waals surface area contributed by atoms with Crippen molar-refractivity contribution >= 4 is 5.97 Å². The molecule has 0 aliphatic carbocycles. The van der Waals surface area contributed by atoms with Crippen molar-refractivity contribution in [3.05, 3.63) is 29.3 Å². The Hall–Kier alpha value is -1.80. The van der Waals surface area contributed by atoms with Crippen LogP contribution in [0.3, 0.4) is 0 Å². The molecule has 1 unspecified atom stereocenters. The Labute approximate surface area is 183 Å². The number of unbranched alkanes of at least 4 members (excludes halogenated alkanes) is 4. The van der Waals surface area contributed by atoms with Gasteiger partial charge in [-0.2, -0.15) is 13.2 Å². The standard InChI is InChI=1S/C23H36F3NO4/c1-3-5-6-7-8-15-31-20-10-9-18(16-19(20)23(24,25)26)11-13-22(27,17-28)14-12-21(29)30-4-2/h9-10,16,28H,3-8,11-15,17,27H2,1-2H3. The van der Waals surface area contributed by atoms with Crippen LogP contribution >= 0.6 is 0 Å². The number of benzene rings is 1. The number of ether oxygens (including phenoxy) is 2. The number of aryl methyl sites for hydroxylation is 1. The van der Waals surface area contributed by atoms with Crippen LogP contribution in [0, 0.1) is 0 Å². The second kappa shape index (κ2) is 13.6. The van der Waals surface area contributed by atoms with Crippen LogP contribution < -0.4 is 10.5 Å². The Kier molecular flexibility index (Phi) is 11.9. The number of hydrogen-bond acceptors (Lipinski definition) is 5. The Bertz CT molecular complexity index is 667. The van der Waals surface area contributed by atoms with E-state index in [-0.39, 0.29) is 51.3 Å². The number of nitrogens with two attached hydrogens (primary N) is 1. The summed E-state index contributed by atoms with van der Waals surface area (Å²) in [6, 6.07) is 4.01. The van der Waals surface area contributed by atoms with Crippen LogP contribution in [-0.4, -0.2) is 36.4 Å². The van der Waals surface area contributed by atoms with E-state index in [1.807, 2.05) is 0 Å². The third-order valence-corrected chi connectivity index (χ3v) is 5.21. The van der Waals surface area contributed by atoms with Gasteiger partial charge in [0, 0.05) is 12.0 Å². The second-order valence-corrected chi connectivity index (χ2v) is 7.92. The van der Waals surface area contributed by atoms with Gasteiger partial charge in [0.1, 0.15) is 5.75 Å². The van der Waals surface area contributed by atoms with Crippen LogP contribution in [0.25, 0.3) is 0 Å². The number of hydrogen-bond donors (Lipinski definition) is 2. The zero-order valence-electron chi connectivity index (χ0n) is 18.6. The monoisotopic (exact) mass is 447 g/mol. The molecule has 0 radical (unpaired) electrons. The van der Waals surface area contributed by atoms with E-state index in [0.29, 0.717) is 12.0 Å². The smallest absolute Gasteiger partial charge is 0.419 e. The lowest BCUT2D eigenvalue weighted by molar-refractivity contribution is -0.143. The van der Waals surface area contributed by atoms with Gasteiger partial charge in [0.05, 0.1) is 25.4 Å². The highest BCUT2D eigenvalue weighted by Crippen LogP contribution is 2.37. The predicted octanol–water partition coefficient (Wildman–Crippen LogP) is 5.02. The Balaban J connectivity index is 2.74. The third-order valence-electron chi connectivity index (χ3n) is 5.21. The number of carbonyl (C=O) groups excluding carboxylic acids is 1. The number of alkyl halides is 3. The molecule has 0 amide bonds. The van der Waals surface area contributed by atoms with Gasteiger partial charge in [-0.1, -0.05) is 38.7 Å². The van der Waals surface area contributed by atoms with E-state index in [1.54, 1.807) is 13.0 Å². The lowest BCUT2D eigenvalue weighted by Crippen LogP contribution is -2.44. The summed E-state index contributed by atoms with van der Waals surface area (Å²) < 4.78 is 50.9. The van der Waals surface area contributed by atoms with E-state index in [4.69, 9.17) is 15.2 Å². The fourth-order valence-corrected chi connectivity index (χ4v) is 3.23. The molecule has 1 atom stereocenters. The summed E-state index contributed by atoms with van der Waals surface area (Å²) in [6.45, 7) is 3.91. The van der Waals surface area contributed by atoms with Crippen molar-refractivity contribution in [3.63, 3.8) is 0 Å². The first-order valence-corrected chi connectivity index (χ1v) is 11.0. The van der Waals surface area contributed by atoms with Crippen molar-refractivity contribution in [2.24, 2.45) is 5.73 Å². The average molecular weight is 448 g/mol. The van der Waals surface area contributed by atoms with Crippen molar-refractivity contribution < 1.29 is 32.5 Å². The molecule has 0 aliphatic rings. The van der Waals surface area contributed by atoms with Gasteiger partial charge in [0.25, 0.3) is 0 Å². The van der Waals surface area contributed by atoms with E-state index >= 15 is 0 Å². The first-order chi connectivity index (χ1) is 14.6. The molecule has 5 nitrogen and oxygen atoms in total. The minimum absolute atomic E-state index is 0.0454. The first kappa shape index (κ1) is 27.2. The van der Waals surface area contributed by atoms with Crippen molar-refractivity contribution in [2.45, 2.75) is 83.4 Å². The van der Waals surface area contributed by atoms with Crippen LogP contribution in [0.4, 0.5) is 13.2 Å². The fraction of sp³-hybridized carbons (Fsp3) is 0.696. The number of halogens is 3. The zero-order chi connectivity index (χ0) is 23.3. The number of esters is 1. The van der Waals surface area contributed by atoms with Crippen molar-refractivity contribution in [3.8, 4) is 5.75 Å². The molecular formula is C23H36F3NO4. The third kappa shape index (κ3) is 10.4. The number of aliphatic hydroxyl groups is 1. The molecule has 0 saturated carbocycles. The first-order valence-electron chi connectivity index (χ1n) is 11.0. The minimum Gasteiger partial charge on any atom is -0.493 e. The Morgan fingerprint density at radius 1 is 1.10 bits per heavy atom. The summed E-state index contributed by atoms with van der Waals surface area (Å²) in [6.07, 6.45) is 1.07. The SMILES string of the molecule is CCCCCCCOc1ccc(CCC(N)(CO)CCC(=O)OCC)cc1C(F)(F)F. The van der Waals surface area contributed by atoms with Crippen molar-refractivity contribution in [1.29, 1.82) is 0 Å². The second-order valence-electron chi connectivity index (χ2n) is 7.92. The fourth-order valence-electron chi connectivity index (χ4n) is 3.23. The molecule has 0 bridgehead atoms. The van der Waals surface area contributed by atoms with E-state index in [1.165, 1.54) is 6.07 Å². The van der Waals surface area contributed by atoms with Gasteiger partial charge in [-0.3, -0.25) is 4.79 Å². The van der Waals surface area contributed by atoms with Gasteiger partial charge in [0.2, 0.25) is 0 Å². The molecule has 0 heterocycles. The summed E-state index contributed by atoms with van der Waals surface area (Å²) in [5.74, 6) is -0.587. The van der Waals surface area contributed by atoms with Crippen molar-refractivity contribution in [1.82, 2.24) is 0 Å². The van der Waals surface area contributed by atoms with E-state index < -0.39 is 23.2 Å². The minimum atomic E-state index is -4.53. The number of rotatable bonds is 15. The van der Waals surface area contributed by atoms with E-state index in [0.717, 1.165) is 31.7 Å². The molecule has 1 aromatic carbocycles. The maximum absolute atomic E-state index is 13.5. The maximum atomic E-state index is 13.5. The molecule has 31 heavy (non-hydrogen) atoms. The molecule has 0 spiro atoms. The van der Waals surface area contributed by atoms with Gasteiger partial charge < -0.3 is 20.3 Å². The lowest BCUT2D eigenvalue weighted by Gasteiger charge is -2.27. The van der Waals surface area contributed by atoms with Crippen LogP contribution in [0.15, 0.2) is 18.2 Å². The Morgan fingerprint density at radius 2 is 1.81 bits per heavy atom. The van der Waals surface area contributed by atoms with Crippen LogP contribution in [0.2, 0.25) is 0 Å². The van der Waals surface area contributed by atoms with Crippen molar-refractivity contribution in [2.75, 3.05) is 19.8 Å². The molecule has 0 fully saturated rings. The Morgan fingerprint density at radius 3 is 2.42 bits per heavy atom. The van der Waals surface area contributed by atoms with Gasteiger partial charge in [0.15, 0.2) is 0 Å². The van der Waals surface area contributed by atoms with Crippen LogP contribution in [-0.2, 0) is 22.1 Å². The highest BCUT2D eigenvalue weighted by molar-refractivity contribution is 5.69. The number of aliphatic hydroxyl groups excluding tert-OH is 1. The molecule has 1 rings (SSSR count). The molecule has 1 aromatic rings. The van der Waals surface area contributed by atoms with Gasteiger partial charge in [-0.25, -0.2) is 0 Å². The highest BCUT2D eigenvalue weighted by atomic mass is 19.4. The molecule has 8 heteroatoms. The average Bonchev–Trinajstić information content (AvgIpc) is 2.73. The molecule has 3 N–H and O–H groups in total. The summed E-state index contributed by atoms with van der Waals surface area (Å²) in [5, 5.41) is 9.63. The largest absolute Gasteiger partial charge is 0.493 e. The molecule has 0 aliphatic heterocycles. The van der Waals surface area contributed by atoms with E-state index in [2.05, 4.69) is 6.92 Å². The van der Waals surface area contributed by atoms with Crippen LogP contribution in [0.1, 0.15) is 76.3 Å². The summed E-state index contributed by atoms with van der Waals surface area (Å²) in [7, 11) is 0. The summed E-state index contributed by atoms with van der Waals surface area (Å²) >= 11 is 0. The zero-order valence-corrected chi connectivity index (χ0v) is 18.6. The van der Waals surface area contributed by atoms with Gasteiger partial charge >= 0.3 is 12.1 Å². The van der Waals surface area contributed by atoms with E-state index in [9.17, 15) is 23.1 Å². The highest BCUT2D eigenvalue weighted by Gasteiger charge is 2.35. The molecule has 178 valence electrons. The summed E-state index contributed by atoms with van der Waals surface area (Å²) in [5.41, 5.74) is 4.72. The molecule has 0 saturated heterocycles. The lowest BCUT2D eigenvalue weighted by atomic mass is 9.88. The summed E-state index contributed by atoms with van der Waals surface area (Å²) in [4.78, 5) is 11.5. The molecular weight excluding hydrogens is 411 g/mol. The topological polar surface area (TPSA) is 81.8 Å². The van der Waals surface area contributed by atoms with Gasteiger partial charge in [-0.05, 0) is 50.3 Å². The normalized spacial score (nSPS) is 13.6. The molecule has 0 aromatic heterocycles. The van der Waals surface area contributed by atoms with Crippen LogP contribution in [0.5, 0.6) is 5.75 Å². The maximum Gasteiger partial charge on any atom is 0.419 e. The number of carbonyl (C=O) groups is 1. The predicted molar refractivity (Wildman–Crippen MR) is 114 cm³/mol. The quantitative estimate of drug-likeness (QED) is 0.291. The van der Waals surface area contributed by atoms with Gasteiger partial charge in [-0.15, -0.1) is 0 Å².